The van der Waals surface area contributed by atoms with Gasteiger partial charge in [0.15, 0.2) is 0 Å². The summed E-state index contributed by atoms with van der Waals surface area (Å²) in [4.78, 5) is 43.9. The summed E-state index contributed by atoms with van der Waals surface area (Å²) in [5, 5.41) is 0. The lowest BCUT2D eigenvalue weighted by molar-refractivity contribution is -0.309. The molecule has 1 atom stereocenters. The molecule has 0 aliphatic rings. The van der Waals surface area contributed by atoms with Gasteiger partial charge in [0.25, 0.3) is 0 Å². The molecule has 28 heavy (non-hydrogen) atoms. The highest BCUT2D eigenvalue weighted by Gasteiger charge is 2.24. The average Bonchev–Trinajstić information content (AvgIpc) is 2.72. The van der Waals surface area contributed by atoms with Crippen molar-refractivity contribution >= 4 is 11.9 Å². The van der Waals surface area contributed by atoms with Gasteiger partial charge in [0.2, 0.25) is 0 Å². The van der Waals surface area contributed by atoms with Crippen molar-refractivity contribution in [2.75, 3.05) is 6.61 Å². The third-order valence-electron chi connectivity index (χ3n) is 4.09. The molecule has 6 heteroatoms. The molecule has 6 nitrogen and oxygen atoms in total. The SMILES string of the molecule is CC(CCC(C)(C)OOC(=O)c1ccccc1)COOC(=O)c1ccccc1. The van der Waals surface area contributed by atoms with E-state index in [1.807, 2.05) is 32.9 Å². The van der Waals surface area contributed by atoms with E-state index in [0.717, 1.165) is 6.42 Å². The quantitative estimate of drug-likeness (QED) is 0.433. The van der Waals surface area contributed by atoms with Crippen molar-refractivity contribution in [2.45, 2.75) is 39.2 Å². The Balaban J connectivity index is 1.65. The molecule has 150 valence electrons. The molecular weight excluding hydrogens is 360 g/mol. The van der Waals surface area contributed by atoms with Crippen LogP contribution in [-0.2, 0) is 19.6 Å². The Labute approximate surface area is 165 Å². The molecule has 1 unspecified atom stereocenters. The summed E-state index contributed by atoms with van der Waals surface area (Å²) in [7, 11) is 0. The molecule has 0 N–H and O–H groups in total. The van der Waals surface area contributed by atoms with Gasteiger partial charge in [-0.05, 0) is 56.9 Å². The summed E-state index contributed by atoms with van der Waals surface area (Å²) in [6.45, 7) is 5.92. The predicted octanol–water partition coefficient (Wildman–Crippen LogP) is 4.76. The summed E-state index contributed by atoms with van der Waals surface area (Å²) >= 11 is 0. The zero-order valence-electron chi connectivity index (χ0n) is 16.4. The van der Waals surface area contributed by atoms with Crippen molar-refractivity contribution in [3.8, 4) is 0 Å². The van der Waals surface area contributed by atoms with Crippen LogP contribution < -0.4 is 0 Å². The number of hydrogen-bond donors (Lipinski definition) is 0. The fourth-order valence-corrected chi connectivity index (χ4v) is 2.32. The first kappa shape index (κ1) is 21.6. The van der Waals surface area contributed by atoms with Crippen molar-refractivity contribution in [3.63, 3.8) is 0 Å². The Morgan fingerprint density at radius 3 is 1.89 bits per heavy atom. The minimum atomic E-state index is -0.653. The topological polar surface area (TPSA) is 71.1 Å². The first-order valence-electron chi connectivity index (χ1n) is 9.21. The second-order valence-electron chi connectivity index (χ2n) is 7.25. The summed E-state index contributed by atoms with van der Waals surface area (Å²) in [5.74, 6) is -0.932. The molecule has 0 aliphatic carbocycles. The van der Waals surface area contributed by atoms with Crippen LogP contribution in [0.25, 0.3) is 0 Å². The van der Waals surface area contributed by atoms with Crippen LogP contribution in [0.3, 0.4) is 0 Å². The molecule has 0 amide bonds. The smallest absolute Gasteiger partial charge is 0.293 e. The van der Waals surface area contributed by atoms with Gasteiger partial charge in [-0.15, -0.1) is 0 Å². The van der Waals surface area contributed by atoms with Crippen LogP contribution in [0.15, 0.2) is 60.7 Å². The second kappa shape index (κ2) is 10.6. The van der Waals surface area contributed by atoms with Crippen molar-refractivity contribution in [3.05, 3.63) is 71.8 Å². The predicted molar refractivity (Wildman–Crippen MR) is 103 cm³/mol. The number of carbonyl (C=O) groups excluding carboxylic acids is 2. The number of benzene rings is 2. The average molecular weight is 386 g/mol. The molecule has 2 aromatic rings. The first-order valence-corrected chi connectivity index (χ1v) is 9.21. The highest BCUT2D eigenvalue weighted by Crippen LogP contribution is 2.21. The summed E-state index contributed by atoms with van der Waals surface area (Å²) in [6.07, 6.45) is 1.37. The number of carbonyl (C=O) groups is 2. The van der Waals surface area contributed by atoms with E-state index < -0.39 is 17.5 Å². The van der Waals surface area contributed by atoms with Crippen molar-refractivity contribution < 1.29 is 29.1 Å². The van der Waals surface area contributed by atoms with Crippen LogP contribution >= 0.6 is 0 Å². The summed E-state index contributed by atoms with van der Waals surface area (Å²) in [6, 6.07) is 17.3. The first-order chi connectivity index (χ1) is 13.4. The van der Waals surface area contributed by atoms with Crippen LogP contribution in [0.5, 0.6) is 0 Å². The van der Waals surface area contributed by atoms with Crippen molar-refractivity contribution in [1.82, 2.24) is 0 Å². The van der Waals surface area contributed by atoms with Gasteiger partial charge in [-0.3, -0.25) is 9.78 Å². The monoisotopic (exact) mass is 386 g/mol. The van der Waals surface area contributed by atoms with Crippen LogP contribution in [0.2, 0.25) is 0 Å². The zero-order valence-corrected chi connectivity index (χ0v) is 16.4. The van der Waals surface area contributed by atoms with Gasteiger partial charge < -0.3 is 0 Å². The molecule has 0 aromatic heterocycles. The normalized spacial score (nSPS) is 12.2. The van der Waals surface area contributed by atoms with Crippen LogP contribution in [-0.4, -0.2) is 24.1 Å². The van der Waals surface area contributed by atoms with Crippen molar-refractivity contribution in [1.29, 1.82) is 0 Å². The Kier molecular flexibility index (Phi) is 8.17. The van der Waals surface area contributed by atoms with E-state index in [-0.39, 0.29) is 12.5 Å². The lowest BCUT2D eigenvalue weighted by Crippen LogP contribution is -2.27. The zero-order chi connectivity index (χ0) is 20.4. The molecule has 0 heterocycles. The van der Waals surface area contributed by atoms with Gasteiger partial charge in [0.05, 0.1) is 17.7 Å². The Morgan fingerprint density at radius 1 is 0.857 bits per heavy atom. The van der Waals surface area contributed by atoms with Gasteiger partial charge in [0, 0.05) is 0 Å². The van der Waals surface area contributed by atoms with E-state index in [1.165, 1.54) is 0 Å². The van der Waals surface area contributed by atoms with E-state index in [0.29, 0.717) is 17.5 Å². The second-order valence-corrected chi connectivity index (χ2v) is 7.25. The van der Waals surface area contributed by atoms with E-state index in [9.17, 15) is 9.59 Å². The van der Waals surface area contributed by atoms with E-state index in [1.54, 1.807) is 48.5 Å². The van der Waals surface area contributed by atoms with Gasteiger partial charge in [-0.1, -0.05) is 43.3 Å². The van der Waals surface area contributed by atoms with Crippen LogP contribution in [0.1, 0.15) is 54.3 Å². The Morgan fingerprint density at radius 2 is 1.36 bits per heavy atom. The fourth-order valence-electron chi connectivity index (χ4n) is 2.32. The molecule has 0 saturated heterocycles. The molecule has 0 spiro atoms. The molecule has 0 aliphatic heterocycles. The van der Waals surface area contributed by atoms with E-state index in [2.05, 4.69) is 0 Å². The third kappa shape index (κ3) is 7.50. The molecule has 0 radical (unpaired) electrons. The Hall–Kier alpha value is -2.70. The fraction of sp³-hybridized carbons (Fsp3) is 0.364. The van der Waals surface area contributed by atoms with Crippen LogP contribution in [0.4, 0.5) is 0 Å². The number of hydrogen-bond acceptors (Lipinski definition) is 6. The summed E-state index contributed by atoms with van der Waals surface area (Å²) in [5.41, 5.74) is 0.213. The lowest BCUT2D eigenvalue weighted by Gasteiger charge is -2.24. The minimum Gasteiger partial charge on any atom is -0.293 e. The summed E-state index contributed by atoms with van der Waals surface area (Å²) < 4.78 is 0. The molecule has 2 rings (SSSR count). The lowest BCUT2D eigenvalue weighted by atomic mass is 9.97. The molecule has 0 fully saturated rings. The van der Waals surface area contributed by atoms with Gasteiger partial charge >= 0.3 is 11.9 Å². The minimum absolute atomic E-state index is 0.122. The van der Waals surface area contributed by atoms with E-state index >= 15 is 0 Å². The maximum absolute atomic E-state index is 11.9. The molecule has 2 aromatic carbocycles. The molecule has 0 bridgehead atoms. The molecular formula is C22H26O6. The number of rotatable bonds is 10. The van der Waals surface area contributed by atoms with Crippen LogP contribution in [0, 0.1) is 5.92 Å². The van der Waals surface area contributed by atoms with Crippen molar-refractivity contribution in [2.24, 2.45) is 5.92 Å². The third-order valence-corrected chi connectivity index (χ3v) is 4.09. The van der Waals surface area contributed by atoms with Gasteiger partial charge in [0.1, 0.15) is 5.60 Å². The van der Waals surface area contributed by atoms with Gasteiger partial charge in [-0.25, -0.2) is 9.59 Å². The maximum Gasteiger partial charge on any atom is 0.373 e. The maximum atomic E-state index is 11.9. The highest BCUT2D eigenvalue weighted by atomic mass is 17.2. The van der Waals surface area contributed by atoms with Gasteiger partial charge in [-0.2, -0.15) is 9.78 Å². The van der Waals surface area contributed by atoms with E-state index in [4.69, 9.17) is 19.6 Å². The Bertz CT molecular complexity index is 742. The highest BCUT2D eigenvalue weighted by molar-refractivity contribution is 5.89. The largest absolute Gasteiger partial charge is 0.373 e. The standard InChI is InChI=1S/C22H26O6/c1-17(16-25-26-20(23)18-10-6-4-7-11-18)14-15-22(2,3)28-27-21(24)19-12-8-5-9-13-19/h4-13,17H,14-16H2,1-3H3. The molecule has 0 saturated carbocycles.